The van der Waals surface area contributed by atoms with E-state index in [1.54, 1.807) is 0 Å². The lowest BCUT2D eigenvalue weighted by Gasteiger charge is -2.20. The van der Waals surface area contributed by atoms with Gasteiger partial charge < -0.3 is 10.2 Å². The lowest BCUT2D eigenvalue weighted by atomic mass is 10.1. The highest BCUT2D eigenvalue weighted by Crippen LogP contribution is 2.02. The predicted molar refractivity (Wildman–Crippen MR) is 75.2 cm³/mol. The molecule has 3 nitrogen and oxygen atoms in total. The first-order chi connectivity index (χ1) is 8.63. The quantitative estimate of drug-likeness (QED) is 0.750. The van der Waals surface area contributed by atoms with Gasteiger partial charge in [0.05, 0.1) is 11.6 Å². The second-order valence-corrected chi connectivity index (χ2v) is 4.91. The number of hydrogen-bond acceptors (Lipinski definition) is 3. The van der Waals surface area contributed by atoms with Gasteiger partial charge in [0.1, 0.15) is 0 Å². The molecule has 0 saturated carbocycles. The fourth-order valence-corrected chi connectivity index (χ4v) is 1.64. The standard InChI is InChI=1S/C15H23N3/c1-13(2)18(3)10-4-9-17-12-15-7-5-14(11-16)6-8-15/h5-8,13,17H,4,9-10,12H2,1-3H3. The molecule has 1 aromatic rings. The van der Waals surface area contributed by atoms with E-state index in [1.165, 1.54) is 5.56 Å². The highest BCUT2D eigenvalue weighted by Gasteiger charge is 2.01. The molecule has 0 aliphatic heterocycles. The zero-order valence-corrected chi connectivity index (χ0v) is 11.6. The van der Waals surface area contributed by atoms with Gasteiger partial charge in [-0.1, -0.05) is 12.1 Å². The van der Waals surface area contributed by atoms with Crippen molar-refractivity contribution >= 4 is 0 Å². The van der Waals surface area contributed by atoms with Crippen molar-refractivity contribution in [3.8, 4) is 6.07 Å². The number of nitrogens with one attached hydrogen (secondary N) is 1. The lowest BCUT2D eigenvalue weighted by Crippen LogP contribution is -2.29. The van der Waals surface area contributed by atoms with E-state index in [0.717, 1.165) is 31.6 Å². The van der Waals surface area contributed by atoms with Gasteiger partial charge in [-0.25, -0.2) is 0 Å². The maximum atomic E-state index is 8.70. The molecular weight excluding hydrogens is 222 g/mol. The minimum atomic E-state index is 0.614. The molecule has 0 amide bonds. The SMILES string of the molecule is CC(C)N(C)CCCNCc1ccc(C#N)cc1. The molecule has 0 fully saturated rings. The molecule has 18 heavy (non-hydrogen) atoms. The van der Waals surface area contributed by atoms with Gasteiger partial charge in [0.25, 0.3) is 0 Å². The van der Waals surface area contributed by atoms with Crippen molar-refractivity contribution in [2.75, 3.05) is 20.1 Å². The van der Waals surface area contributed by atoms with Crippen LogP contribution in [-0.4, -0.2) is 31.1 Å². The molecule has 0 unspecified atom stereocenters. The largest absolute Gasteiger partial charge is 0.313 e. The monoisotopic (exact) mass is 245 g/mol. The van der Waals surface area contributed by atoms with Gasteiger partial charge in [0.2, 0.25) is 0 Å². The molecule has 0 atom stereocenters. The van der Waals surface area contributed by atoms with Gasteiger partial charge in [-0.3, -0.25) is 0 Å². The van der Waals surface area contributed by atoms with Gasteiger partial charge in [-0.2, -0.15) is 5.26 Å². The molecule has 1 rings (SSSR count). The molecule has 98 valence electrons. The van der Waals surface area contributed by atoms with Crippen molar-refractivity contribution in [2.24, 2.45) is 0 Å². The molecular formula is C15H23N3. The fraction of sp³-hybridized carbons (Fsp3) is 0.533. The maximum Gasteiger partial charge on any atom is 0.0991 e. The predicted octanol–water partition coefficient (Wildman–Crippen LogP) is 2.38. The molecule has 0 bridgehead atoms. The van der Waals surface area contributed by atoms with E-state index in [-0.39, 0.29) is 0 Å². The van der Waals surface area contributed by atoms with Crippen molar-refractivity contribution in [1.29, 1.82) is 5.26 Å². The van der Waals surface area contributed by atoms with Gasteiger partial charge in [0, 0.05) is 12.6 Å². The van der Waals surface area contributed by atoms with Crippen LogP contribution in [0.15, 0.2) is 24.3 Å². The first-order valence-electron chi connectivity index (χ1n) is 6.53. The molecule has 0 saturated heterocycles. The summed E-state index contributed by atoms with van der Waals surface area (Å²) in [7, 11) is 2.16. The molecule has 0 heterocycles. The zero-order valence-electron chi connectivity index (χ0n) is 11.6. The van der Waals surface area contributed by atoms with E-state index in [2.05, 4.69) is 37.2 Å². The van der Waals surface area contributed by atoms with E-state index < -0.39 is 0 Å². The van der Waals surface area contributed by atoms with Crippen LogP contribution in [0.5, 0.6) is 0 Å². The fourth-order valence-electron chi connectivity index (χ4n) is 1.64. The Morgan fingerprint density at radius 3 is 2.50 bits per heavy atom. The molecule has 1 N–H and O–H groups in total. The Bertz CT molecular complexity index is 376. The van der Waals surface area contributed by atoms with Crippen molar-refractivity contribution in [1.82, 2.24) is 10.2 Å². The molecule has 0 aliphatic carbocycles. The Kier molecular flexibility index (Phi) is 6.42. The average molecular weight is 245 g/mol. The number of hydrogen-bond donors (Lipinski definition) is 1. The highest BCUT2D eigenvalue weighted by atomic mass is 15.1. The van der Waals surface area contributed by atoms with Crippen molar-refractivity contribution in [3.05, 3.63) is 35.4 Å². The summed E-state index contributed by atoms with van der Waals surface area (Å²) in [6.07, 6.45) is 1.16. The first-order valence-corrected chi connectivity index (χ1v) is 6.53. The second kappa shape index (κ2) is 7.86. The van der Waals surface area contributed by atoms with Crippen LogP contribution in [-0.2, 0) is 6.54 Å². The Hall–Kier alpha value is -1.37. The van der Waals surface area contributed by atoms with Crippen LogP contribution in [0.1, 0.15) is 31.4 Å². The minimum absolute atomic E-state index is 0.614. The molecule has 0 spiro atoms. The molecule has 0 radical (unpaired) electrons. The number of nitrogens with zero attached hydrogens (tertiary/aromatic N) is 2. The van der Waals surface area contributed by atoms with Crippen LogP contribution < -0.4 is 5.32 Å². The molecule has 0 aromatic heterocycles. The summed E-state index contributed by atoms with van der Waals surface area (Å²) >= 11 is 0. The molecule has 1 aromatic carbocycles. The van der Waals surface area contributed by atoms with Crippen LogP contribution in [0.4, 0.5) is 0 Å². The van der Waals surface area contributed by atoms with E-state index in [0.29, 0.717) is 6.04 Å². The third kappa shape index (κ3) is 5.31. The van der Waals surface area contributed by atoms with Gasteiger partial charge >= 0.3 is 0 Å². The van der Waals surface area contributed by atoms with Crippen LogP contribution in [0.25, 0.3) is 0 Å². The van der Waals surface area contributed by atoms with Gasteiger partial charge in [0.15, 0.2) is 0 Å². The van der Waals surface area contributed by atoms with Crippen LogP contribution in [0.2, 0.25) is 0 Å². The van der Waals surface area contributed by atoms with E-state index >= 15 is 0 Å². The Morgan fingerprint density at radius 2 is 1.94 bits per heavy atom. The zero-order chi connectivity index (χ0) is 13.4. The molecule has 3 heteroatoms. The highest BCUT2D eigenvalue weighted by molar-refractivity contribution is 5.31. The average Bonchev–Trinajstić information content (AvgIpc) is 2.38. The second-order valence-electron chi connectivity index (χ2n) is 4.91. The van der Waals surface area contributed by atoms with Crippen molar-refractivity contribution in [2.45, 2.75) is 32.9 Å². The summed E-state index contributed by atoms with van der Waals surface area (Å²) in [5.74, 6) is 0. The summed E-state index contributed by atoms with van der Waals surface area (Å²) in [6, 6.07) is 10.5. The lowest BCUT2D eigenvalue weighted by molar-refractivity contribution is 0.269. The topological polar surface area (TPSA) is 39.1 Å². The van der Waals surface area contributed by atoms with Crippen LogP contribution >= 0.6 is 0 Å². The van der Waals surface area contributed by atoms with E-state index in [1.807, 2.05) is 24.3 Å². The van der Waals surface area contributed by atoms with Crippen molar-refractivity contribution in [3.63, 3.8) is 0 Å². The van der Waals surface area contributed by atoms with E-state index in [9.17, 15) is 0 Å². The van der Waals surface area contributed by atoms with E-state index in [4.69, 9.17) is 5.26 Å². The summed E-state index contributed by atoms with van der Waals surface area (Å²) in [5, 5.41) is 12.1. The summed E-state index contributed by atoms with van der Waals surface area (Å²) in [5.41, 5.74) is 1.95. The smallest absolute Gasteiger partial charge is 0.0991 e. The summed E-state index contributed by atoms with van der Waals surface area (Å²) in [4.78, 5) is 2.35. The summed E-state index contributed by atoms with van der Waals surface area (Å²) < 4.78 is 0. The van der Waals surface area contributed by atoms with Crippen molar-refractivity contribution < 1.29 is 0 Å². The van der Waals surface area contributed by atoms with Crippen LogP contribution in [0.3, 0.4) is 0 Å². The third-order valence-electron chi connectivity index (χ3n) is 3.16. The Labute approximate surface area is 110 Å². The first kappa shape index (κ1) is 14.7. The number of nitriles is 1. The number of benzene rings is 1. The third-order valence-corrected chi connectivity index (χ3v) is 3.16. The summed E-state index contributed by atoms with van der Waals surface area (Å²) in [6.45, 7) is 7.44. The molecule has 0 aliphatic rings. The minimum Gasteiger partial charge on any atom is -0.313 e. The Balaban J connectivity index is 2.16. The number of rotatable bonds is 7. The maximum absolute atomic E-state index is 8.70. The Morgan fingerprint density at radius 1 is 1.28 bits per heavy atom. The van der Waals surface area contributed by atoms with Crippen LogP contribution in [0, 0.1) is 11.3 Å². The van der Waals surface area contributed by atoms with Gasteiger partial charge in [-0.05, 0) is 58.1 Å². The normalized spacial score (nSPS) is 10.9. The van der Waals surface area contributed by atoms with Gasteiger partial charge in [-0.15, -0.1) is 0 Å².